The fourth-order valence-electron chi connectivity index (χ4n) is 1.91. The molecule has 1 aromatic rings. The molecule has 2 N–H and O–H groups in total. The van der Waals surface area contributed by atoms with Crippen LogP contribution in [0.15, 0.2) is 22.7 Å². The molecular formula is C15H21BrN2O3. The first kappa shape index (κ1) is 17.5. The van der Waals surface area contributed by atoms with Crippen LogP contribution >= 0.6 is 15.9 Å². The molecule has 21 heavy (non-hydrogen) atoms. The molecule has 0 atom stereocenters. The number of nitrogen functional groups attached to an aromatic ring is 1. The molecule has 0 fully saturated rings. The lowest BCUT2D eigenvalue weighted by Crippen LogP contribution is -2.39. The van der Waals surface area contributed by atoms with Crippen molar-refractivity contribution in [1.29, 1.82) is 0 Å². The minimum absolute atomic E-state index is 0.0634. The van der Waals surface area contributed by atoms with Crippen molar-refractivity contribution in [3.8, 4) is 0 Å². The lowest BCUT2D eigenvalue weighted by molar-refractivity contribution is -0.143. The Morgan fingerprint density at radius 2 is 2.05 bits per heavy atom. The van der Waals surface area contributed by atoms with E-state index in [9.17, 15) is 9.59 Å². The van der Waals surface area contributed by atoms with Crippen LogP contribution in [0, 0.1) is 5.92 Å². The predicted molar refractivity (Wildman–Crippen MR) is 85.9 cm³/mol. The summed E-state index contributed by atoms with van der Waals surface area (Å²) >= 11 is 3.32. The fraction of sp³-hybridized carbons (Fsp3) is 0.467. The molecule has 1 rings (SSSR count). The maximum atomic E-state index is 12.6. The van der Waals surface area contributed by atoms with E-state index in [1.165, 1.54) is 4.90 Å². The van der Waals surface area contributed by atoms with Crippen LogP contribution in [0.25, 0.3) is 0 Å². The predicted octanol–water partition coefficient (Wildman–Crippen LogP) is 2.69. The number of anilines is 1. The van der Waals surface area contributed by atoms with Gasteiger partial charge >= 0.3 is 5.97 Å². The summed E-state index contributed by atoms with van der Waals surface area (Å²) in [5, 5.41) is 0. The Kier molecular flexibility index (Phi) is 6.68. The first-order valence-corrected chi connectivity index (χ1v) is 7.65. The molecule has 0 aliphatic carbocycles. The third-order valence-electron chi connectivity index (χ3n) is 2.76. The maximum absolute atomic E-state index is 12.6. The fourth-order valence-corrected chi connectivity index (χ4v) is 2.34. The molecule has 0 aliphatic heterocycles. The van der Waals surface area contributed by atoms with Crippen molar-refractivity contribution in [2.75, 3.05) is 25.4 Å². The van der Waals surface area contributed by atoms with Gasteiger partial charge in [-0.05, 0) is 40.9 Å². The Bertz CT molecular complexity index is 518. The number of amides is 1. The van der Waals surface area contributed by atoms with Gasteiger partial charge in [0.15, 0.2) is 0 Å². The molecular weight excluding hydrogens is 336 g/mol. The van der Waals surface area contributed by atoms with Gasteiger partial charge in [0.1, 0.15) is 6.54 Å². The van der Waals surface area contributed by atoms with Gasteiger partial charge in [0, 0.05) is 12.2 Å². The monoisotopic (exact) mass is 356 g/mol. The van der Waals surface area contributed by atoms with Crippen LogP contribution < -0.4 is 5.73 Å². The number of carbonyl (C=O) groups is 2. The maximum Gasteiger partial charge on any atom is 0.325 e. The van der Waals surface area contributed by atoms with Gasteiger partial charge in [0.25, 0.3) is 5.91 Å². The Morgan fingerprint density at radius 3 is 2.62 bits per heavy atom. The minimum Gasteiger partial charge on any atom is -0.465 e. The zero-order valence-electron chi connectivity index (χ0n) is 12.6. The number of nitrogens with zero attached hydrogens (tertiary/aromatic N) is 1. The molecule has 116 valence electrons. The van der Waals surface area contributed by atoms with Crippen LogP contribution in [0.1, 0.15) is 31.1 Å². The lowest BCUT2D eigenvalue weighted by atomic mass is 10.1. The van der Waals surface area contributed by atoms with E-state index in [4.69, 9.17) is 10.5 Å². The second-order valence-corrected chi connectivity index (χ2v) is 5.89. The van der Waals surface area contributed by atoms with Crippen molar-refractivity contribution in [2.45, 2.75) is 20.8 Å². The van der Waals surface area contributed by atoms with Crippen LogP contribution in [0.3, 0.4) is 0 Å². The summed E-state index contributed by atoms with van der Waals surface area (Å²) in [7, 11) is 0. The van der Waals surface area contributed by atoms with Crippen molar-refractivity contribution in [3.63, 3.8) is 0 Å². The first-order valence-electron chi connectivity index (χ1n) is 6.85. The second kappa shape index (κ2) is 8.02. The number of ether oxygens (including phenoxy) is 1. The first-order chi connectivity index (χ1) is 9.86. The van der Waals surface area contributed by atoms with Gasteiger partial charge in [0.05, 0.1) is 16.6 Å². The van der Waals surface area contributed by atoms with E-state index in [-0.39, 0.29) is 18.4 Å². The molecule has 0 spiro atoms. The van der Waals surface area contributed by atoms with Crippen LogP contribution in [-0.2, 0) is 9.53 Å². The molecule has 0 aliphatic rings. The number of rotatable bonds is 6. The van der Waals surface area contributed by atoms with Crippen molar-refractivity contribution in [3.05, 3.63) is 28.2 Å². The molecule has 0 aromatic heterocycles. The van der Waals surface area contributed by atoms with E-state index >= 15 is 0 Å². The molecule has 5 nitrogen and oxygen atoms in total. The zero-order chi connectivity index (χ0) is 16.0. The van der Waals surface area contributed by atoms with E-state index in [2.05, 4.69) is 15.9 Å². The highest BCUT2D eigenvalue weighted by Crippen LogP contribution is 2.25. The SMILES string of the molecule is CCOC(=O)CN(CC(C)C)C(=O)c1cccc(N)c1Br. The number of hydrogen-bond acceptors (Lipinski definition) is 4. The van der Waals surface area contributed by atoms with Crippen molar-refractivity contribution in [1.82, 2.24) is 4.90 Å². The van der Waals surface area contributed by atoms with Crippen LogP contribution in [0.4, 0.5) is 5.69 Å². The summed E-state index contributed by atoms with van der Waals surface area (Å²) in [6.45, 7) is 6.41. The minimum atomic E-state index is -0.411. The Hall–Kier alpha value is -1.56. The summed E-state index contributed by atoms with van der Waals surface area (Å²) < 4.78 is 5.47. The third kappa shape index (κ3) is 5.04. The number of benzene rings is 1. The van der Waals surface area contributed by atoms with E-state index in [0.29, 0.717) is 28.9 Å². The normalized spacial score (nSPS) is 10.5. The highest BCUT2D eigenvalue weighted by Gasteiger charge is 2.22. The number of hydrogen-bond donors (Lipinski definition) is 1. The Labute approximate surface area is 133 Å². The molecule has 1 aromatic carbocycles. The van der Waals surface area contributed by atoms with Crippen molar-refractivity contribution in [2.24, 2.45) is 5.92 Å². The average molecular weight is 357 g/mol. The van der Waals surface area contributed by atoms with Gasteiger partial charge in [-0.15, -0.1) is 0 Å². The summed E-state index contributed by atoms with van der Waals surface area (Å²) in [5.41, 5.74) is 6.73. The summed E-state index contributed by atoms with van der Waals surface area (Å²) in [5.74, 6) is -0.411. The standard InChI is InChI=1S/C15H21BrN2O3/c1-4-21-13(19)9-18(8-10(2)3)15(20)11-6-5-7-12(17)14(11)16/h5-7,10H,4,8-9,17H2,1-3H3. The smallest absolute Gasteiger partial charge is 0.325 e. The van der Waals surface area contributed by atoms with Gasteiger partial charge in [-0.2, -0.15) is 0 Å². The average Bonchev–Trinajstić information content (AvgIpc) is 2.40. The van der Waals surface area contributed by atoms with E-state index in [1.807, 2.05) is 13.8 Å². The van der Waals surface area contributed by atoms with Gasteiger partial charge in [0.2, 0.25) is 0 Å². The number of carbonyl (C=O) groups excluding carboxylic acids is 2. The van der Waals surface area contributed by atoms with Crippen LogP contribution in [-0.4, -0.2) is 36.5 Å². The van der Waals surface area contributed by atoms with Crippen molar-refractivity contribution >= 4 is 33.5 Å². The van der Waals surface area contributed by atoms with Crippen molar-refractivity contribution < 1.29 is 14.3 Å². The number of esters is 1. The molecule has 0 saturated heterocycles. The topological polar surface area (TPSA) is 72.6 Å². The van der Waals surface area contributed by atoms with Gasteiger partial charge in [-0.25, -0.2) is 0 Å². The van der Waals surface area contributed by atoms with Gasteiger partial charge in [-0.1, -0.05) is 19.9 Å². The molecule has 0 heterocycles. The zero-order valence-corrected chi connectivity index (χ0v) is 14.1. The Balaban J connectivity index is 2.99. The highest BCUT2D eigenvalue weighted by atomic mass is 79.9. The molecule has 0 radical (unpaired) electrons. The molecule has 6 heteroatoms. The molecule has 0 saturated carbocycles. The molecule has 1 amide bonds. The molecule has 0 unspecified atom stereocenters. The molecule has 0 bridgehead atoms. The van der Waals surface area contributed by atoms with E-state index in [1.54, 1.807) is 25.1 Å². The summed E-state index contributed by atoms with van der Waals surface area (Å²) in [6.07, 6.45) is 0. The lowest BCUT2D eigenvalue weighted by Gasteiger charge is -2.24. The van der Waals surface area contributed by atoms with E-state index < -0.39 is 5.97 Å². The number of halogens is 1. The van der Waals surface area contributed by atoms with E-state index in [0.717, 1.165) is 0 Å². The second-order valence-electron chi connectivity index (χ2n) is 5.09. The van der Waals surface area contributed by atoms with Gasteiger partial charge in [-0.3, -0.25) is 9.59 Å². The van der Waals surface area contributed by atoms with Crippen LogP contribution in [0.2, 0.25) is 0 Å². The summed E-state index contributed by atoms with van der Waals surface area (Å²) in [6, 6.07) is 5.10. The summed E-state index contributed by atoms with van der Waals surface area (Å²) in [4.78, 5) is 25.8. The third-order valence-corrected chi connectivity index (χ3v) is 3.64. The Morgan fingerprint density at radius 1 is 1.38 bits per heavy atom. The van der Waals surface area contributed by atoms with Gasteiger partial charge < -0.3 is 15.4 Å². The quantitative estimate of drug-likeness (QED) is 0.628. The largest absolute Gasteiger partial charge is 0.465 e. The number of nitrogens with two attached hydrogens (primary N) is 1. The highest BCUT2D eigenvalue weighted by molar-refractivity contribution is 9.10. The van der Waals surface area contributed by atoms with Crippen LogP contribution in [0.5, 0.6) is 0 Å².